The van der Waals surface area contributed by atoms with Crippen LogP contribution in [0.25, 0.3) is 11.3 Å². The molecular formula is C14H15N3O2S. The van der Waals surface area contributed by atoms with Crippen molar-refractivity contribution in [1.82, 2.24) is 4.98 Å². The third kappa shape index (κ3) is 2.32. The minimum absolute atomic E-state index is 0.0929. The lowest BCUT2D eigenvalue weighted by atomic mass is 10.0. The maximum Gasteiger partial charge on any atom is 0.269 e. The lowest BCUT2D eigenvalue weighted by Crippen LogP contribution is -2.32. The Balaban J connectivity index is 1.88. The maximum atomic E-state index is 10.6. The van der Waals surface area contributed by atoms with Gasteiger partial charge in [-0.2, -0.15) is 0 Å². The number of nitrogens with two attached hydrogens (primary N) is 1. The molecule has 0 saturated heterocycles. The molecule has 1 saturated carbocycles. The zero-order valence-electron chi connectivity index (χ0n) is 10.9. The SMILES string of the molecule is NC1(c2nc(-c3ccc([N+](=O)[O-])cc3)cs2)CCCC1. The fourth-order valence-electron chi connectivity index (χ4n) is 2.61. The monoisotopic (exact) mass is 289 g/mol. The van der Waals surface area contributed by atoms with Crippen LogP contribution in [0.3, 0.4) is 0 Å². The first-order chi connectivity index (χ1) is 9.58. The second-order valence-electron chi connectivity index (χ2n) is 5.21. The zero-order chi connectivity index (χ0) is 14.2. The van der Waals surface area contributed by atoms with E-state index in [-0.39, 0.29) is 11.2 Å². The van der Waals surface area contributed by atoms with E-state index in [1.165, 1.54) is 12.1 Å². The van der Waals surface area contributed by atoms with Gasteiger partial charge in [0, 0.05) is 23.1 Å². The molecule has 2 aromatic rings. The first-order valence-corrected chi connectivity index (χ1v) is 7.46. The van der Waals surface area contributed by atoms with Crippen LogP contribution in [0.2, 0.25) is 0 Å². The number of non-ortho nitro benzene ring substituents is 1. The third-order valence-electron chi connectivity index (χ3n) is 3.80. The van der Waals surface area contributed by atoms with Gasteiger partial charge in [-0.1, -0.05) is 12.8 Å². The van der Waals surface area contributed by atoms with Crippen LogP contribution >= 0.6 is 11.3 Å². The summed E-state index contributed by atoms with van der Waals surface area (Å²) in [6.45, 7) is 0. The van der Waals surface area contributed by atoms with Gasteiger partial charge in [-0.25, -0.2) is 4.98 Å². The summed E-state index contributed by atoms with van der Waals surface area (Å²) in [5.74, 6) is 0. The van der Waals surface area contributed by atoms with Crippen molar-refractivity contribution in [3.05, 3.63) is 44.8 Å². The maximum absolute atomic E-state index is 10.6. The highest BCUT2D eigenvalue weighted by Crippen LogP contribution is 2.39. The summed E-state index contributed by atoms with van der Waals surface area (Å²) in [4.78, 5) is 14.9. The second-order valence-corrected chi connectivity index (χ2v) is 6.06. The van der Waals surface area contributed by atoms with E-state index in [4.69, 9.17) is 5.73 Å². The summed E-state index contributed by atoms with van der Waals surface area (Å²) in [6.07, 6.45) is 4.28. The molecule has 0 atom stereocenters. The van der Waals surface area contributed by atoms with E-state index in [0.29, 0.717) is 0 Å². The lowest BCUT2D eigenvalue weighted by molar-refractivity contribution is -0.384. The van der Waals surface area contributed by atoms with Gasteiger partial charge in [-0.15, -0.1) is 11.3 Å². The second kappa shape index (κ2) is 4.96. The number of benzene rings is 1. The van der Waals surface area contributed by atoms with Gasteiger partial charge in [-0.3, -0.25) is 10.1 Å². The molecule has 0 amide bonds. The summed E-state index contributed by atoms with van der Waals surface area (Å²) in [5, 5.41) is 13.6. The van der Waals surface area contributed by atoms with Crippen LogP contribution in [-0.4, -0.2) is 9.91 Å². The van der Waals surface area contributed by atoms with Gasteiger partial charge in [0.05, 0.1) is 16.2 Å². The Morgan fingerprint density at radius 1 is 1.25 bits per heavy atom. The van der Waals surface area contributed by atoms with E-state index in [2.05, 4.69) is 4.98 Å². The number of aromatic nitrogens is 1. The number of hydrogen-bond acceptors (Lipinski definition) is 5. The van der Waals surface area contributed by atoms with E-state index in [1.54, 1.807) is 23.5 Å². The minimum atomic E-state index is -0.399. The summed E-state index contributed by atoms with van der Waals surface area (Å²) >= 11 is 1.58. The van der Waals surface area contributed by atoms with Gasteiger partial charge >= 0.3 is 0 Å². The highest BCUT2D eigenvalue weighted by Gasteiger charge is 2.34. The first-order valence-electron chi connectivity index (χ1n) is 6.58. The molecule has 0 spiro atoms. The molecule has 1 fully saturated rings. The summed E-state index contributed by atoms with van der Waals surface area (Å²) in [5.41, 5.74) is 7.95. The van der Waals surface area contributed by atoms with Gasteiger partial charge in [0.15, 0.2) is 0 Å². The molecule has 0 bridgehead atoms. The Labute approximate surface area is 120 Å². The van der Waals surface area contributed by atoms with Crippen LogP contribution in [0, 0.1) is 10.1 Å². The predicted molar refractivity (Wildman–Crippen MR) is 78.5 cm³/mol. The van der Waals surface area contributed by atoms with Gasteiger partial charge in [0.2, 0.25) is 0 Å². The van der Waals surface area contributed by atoms with Crippen molar-refractivity contribution < 1.29 is 4.92 Å². The standard InChI is InChI=1S/C14H15N3O2S/c15-14(7-1-2-8-14)13-16-12(9-20-13)10-3-5-11(6-4-10)17(18)19/h3-6,9H,1-2,7-8,15H2. The normalized spacial score (nSPS) is 17.2. The molecule has 1 aliphatic rings. The Bertz CT molecular complexity index is 630. The molecule has 0 aliphatic heterocycles. The van der Waals surface area contributed by atoms with Gasteiger partial charge in [0.25, 0.3) is 5.69 Å². The summed E-state index contributed by atoms with van der Waals surface area (Å²) in [7, 11) is 0. The van der Waals surface area contributed by atoms with Crippen molar-refractivity contribution in [2.45, 2.75) is 31.2 Å². The van der Waals surface area contributed by atoms with Crippen LogP contribution < -0.4 is 5.73 Å². The molecule has 1 aliphatic carbocycles. The topological polar surface area (TPSA) is 82.0 Å². The van der Waals surface area contributed by atoms with E-state index in [1.807, 2.05) is 5.38 Å². The summed E-state index contributed by atoms with van der Waals surface area (Å²) in [6, 6.07) is 6.47. The Kier molecular flexibility index (Phi) is 3.27. The summed E-state index contributed by atoms with van der Waals surface area (Å²) < 4.78 is 0. The molecule has 20 heavy (non-hydrogen) atoms. The van der Waals surface area contributed by atoms with Crippen molar-refractivity contribution in [3.63, 3.8) is 0 Å². The van der Waals surface area contributed by atoms with E-state index in [0.717, 1.165) is 41.9 Å². The number of rotatable bonds is 3. The largest absolute Gasteiger partial charge is 0.319 e. The van der Waals surface area contributed by atoms with Crippen molar-refractivity contribution in [3.8, 4) is 11.3 Å². The molecule has 5 nitrogen and oxygen atoms in total. The smallest absolute Gasteiger partial charge is 0.269 e. The first kappa shape index (κ1) is 13.2. The van der Waals surface area contributed by atoms with Crippen LogP contribution in [0.1, 0.15) is 30.7 Å². The van der Waals surface area contributed by atoms with Crippen molar-refractivity contribution in [2.24, 2.45) is 5.73 Å². The Morgan fingerprint density at radius 3 is 2.50 bits per heavy atom. The van der Waals surface area contributed by atoms with Gasteiger partial charge < -0.3 is 5.73 Å². The van der Waals surface area contributed by atoms with Crippen LogP contribution in [0.4, 0.5) is 5.69 Å². The van der Waals surface area contributed by atoms with E-state index < -0.39 is 4.92 Å². The van der Waals surface area contributed by atoms with Crippen molar-refractivity contribution in [1.29, 1.82) is 0 Å². The Morgan fingerprint density at radius 2 is 1.90 bits per heavy atom. The van der Waals surface area contributed by atoms with Crippen molar-refractivity contribution >= 4 is 17.0 Å². The molecule has 104 valence electrons. The fourth-order valence-corrected chi connectivity index (χ4v) is 3.61. The molecule has 0 radical (unpaired) electrons. The molecule has 6 heteroatoms. The molecule has 1 aromatic carbocycles. The highest BCUT2D eigenvalue weighted by molar-refractivity contribution is 7.10. The number of nitro benzene ring substituents is 1. The van der Waals surface area contributed by atoms with Crippen LogP contribution in [0.5, 0.6) is 0 Å². The number of nitrogens with zero attached hydrogens (tertiary/aromatic N) is 2. The molecular weight excluding hydrogens is 274 g/mol. The molecule has 3 rings (SSSR count). The fraction of sp³-hybridized carbons (Fsp3) is 0.357. The molecule has 1 heterocycles. The average molecular weight is 289 g/mol. The number of hydrogen-bond donors (Lipinski definition) is 1. The highest BCUT2D eigenvalue weighted by atomic mass is 32.1. The number of thiazole rings is 1. The van der Waals surface area contributed by atoms with Crippen molar-refractivity contribution in [2.75, 3.05) is 0 Å². The van der Waals surface area contributed by atoms with E-state index >= 15 is 0 Å². The van der Waals surface area contributed by atoms with Gasteiger partial charge in [0.1, 0.15) is 5.01 Å². The third-order valence-corrected chi connectivity index (χ3v) is 4.86. The molecule has 0 unspecified atom stereocenters. The molecule has 1 aromatic heterocycles. The quantitative estimate of drug-likeness (QED) is 0.693. The van der Waals surface area contributed by atoms with Gasteiger partial charge in [-0.05, 0) is 25.0 Å². The number of nitro groups is 1. The minimum Gasteiger partial charge on any atom is -0.319 e. The molecule has 2 N–H and O–H groups in total. The average Bonchev–Trinajstić information content (AvgIpc) is 3.08. The lowest BCUT2D eigenvalue weighted by Gasteiger charge is -2.19. The van der Waals surface area contributed by atoms with Crippen LogP contribution in [-0.2, 0) is 5.54 Å². The van der Waals surface area contributed by atoms with E-state index in [9.17, 15) is 10.1 Å². The van der Waals surface area contributed by atoms with Crippen LogP contribution in [0.15, 0.2) is 29.6 Å². The zero-order valence-corrected chi connectivity index (χ0v) is 11.7. The Hall–Kier alpha value is -1.79. The predicted octanol–water partition coefficient (Wildman–Crippen LogP) is 3.45.